The molecule has 0 radical (unpaired) electrons. The second-order valence-corrected chi connectivity index (χ2v) is 5.17. The van der Waals surface area contributed by atoms with Gasteiger partial charge in [-0.1, -0.05) is 17.3 Å². The first-order valence-corrected chi connectivity index (χ1v) is 7.40. The fraction of sp³-hybridized carbons (Fsp3) is 0.250. The highest BCUT2D eigenvalue weighted by molar-refractivity contribution is 7.79. The molecule has 0 spiro atoms. The van der Waals surface area contributed by atoms with Crippen molar-refractivity contribution in [2.45, 2.75) is 6.54 Å². The molecule has 118 valence electrons. The Balaban J connectivity index is 2.24. The Morgan fingerprint density at radius 1 is 1.41 bits per heavy atom. The number of carboxylic acids is 1. The summed E-state index contributed by atoms with van der Waals surface area (Å²) in [5, 5.41) is 19.0. The normalized spacial score (nSPS) is 11.9. The summed E-state index contributed by atoms with van der Waals surface area (Å²) < 4.78 is 25.9. The Labute approximate surface area is 128 Å². The lowest BCUT2D eigenvalue weighted by atomic mass is 10.2. The molecule has 1 unspecified atom stereocenters. The van der Waals surface area contributed by atoms with Gasteiger partial charge < -0.3 is 19.7 Å². The quantitative estimate of drug-likeness (QED) is 0.632. The monoisotopic (exact) mass is 326 g/mol. The Hall–Kier alpha value is -2.46. The molecule has 0 aliphatic carbocycles. The summed E-state index contributed by atoms with van der Waals surface area (Å²) >= 11 is -2.12. The third-order valence-corrected chi connectivity index (χ3v) is 3.18. The molecular formula is C12H14N4O5S. The second kappa shape index (κ2) is 7.00. The van der Waals surface area contributed by atoms with Crippen LogP contribution >= 0.6 is 0 Å². The fourth-order valence-electron chi connectivity index (χ4n) is 1.78. The molecule has 0 fully saturated rings. The molecule has 1 aromatic heterocycles. The third-order valence-electron chi connectivity index (χ3n) is 2.79. The number of hydrogen-bond acceptors (Lipinski definition) is 6. The summed E-state index contributed by atoms with van der Waals surface area (Å²) in [5.41, 5.74) is 0.537. The van der Waals surface area contributed by atoms with Crippen LogP contribution in [-0.2, 0) is 17.6 Å². The van der Waals surface area contributed by atoms with Gasteiger partial charge in [-0.05, 0) is 17.7 Å². The maximum absolute atomic E-state index is 11.1. The summed E-state index contributed by atoms with van der Waals surface area (Å²) in [6, 6.07) is 7.13. The highest BCUT2D eigenvalue weighted by Gasteiger charge is 2.19. The minimum Gasteiger partial charge on any atom is -0.497 e. The first-order valence-electron chi connectivity index (χ1n) is 6.12. The molecule has 0 amide bonds. The van der Waals surface area contributed by atoms with Crippen LogP contribution in [0.25, 0.3) is 0 Å². The van der Waals surface area contributed by atoms with E-state index in [1.807, 2.05) is 0 Å². The molecule has 9 nitrogen and oxygen atoms in total. The van der Waals surface area contributed by atoms with Gasteiger partial charge in [-0.15, -0.1) is 5.10 Å². The van der Waals surface area contributed by atoms with Gasteiger partial charge in [-0.2, -0.15) is 0 Å². The van der Waals surface area contributed by atoms with E-state index >= 15 is 0 Å². The summed E-state index contributed by atoms with van der Waals surface area (Å²) in [6.45, 7) is 0.255. The molecule has 0 aliphatic heterocycles. The van der Waals surface area contributed by atoms with Crippen molar-refractivity contribution in [1.29, 1.82) is 0 Å². The van der Waals surface area contributed by atoms with E-state index in [-0.39, 0.29) is 23.9 Å². The molecule has 1 heterocycles. The zero-order chi connectivity index (χ0) is 16.1. The number of rotatable bonds is 7. The molecule has 22 heavy (non-hydrogen) atoms. The predicted molar refractivity (Wildman–Crippen MR) is 78.3 cm³/mol. The lowest BCUT2D eigenvalue weighted by molar-refractivity contribution is 0.0691. The Morgan fingerprint density at radius 3 is 2.64 bits per heavy atom. The van der Waals surface area contributed by atoms with Crippen LogP contribution in [0, 0.1) is 0 Å². The zero-order valence-corrected chi connectivity index (χ0v) is 12.4. The minimum absolute atomic E-state index is 0.0747. The number of ether oxygens (including phenoxy) is 1. The first kappa shape index (κ1) is 15.9. The van der Waals surface area contributed by atoms with Crippen molar-refractivity contribution in [2.75, 3.05) is 18.3 Å². The number of benzene rings is 1. The van der Waals surface area contributed by atoms with Gasteiger partial charge in [0.25, 0.3) is 0 Å². The van der Waals surface area contributed by atoms with Crippen molar-refractivity contribution in [1.82, 2.24) is 15.0 Å². The van der Waals surface area contributed by atoms with Crippen LogP contribution in [0.3, 0.4) is 0 Å². The number of hydrogen-bond donors (Lipinski definition) is 3. The van der Waals surface area contributed by atoms with Crippen molar-refractivity contribution in [2.24, 2.45) is 0 Å². The minimum atomic E-state index is -2.12. The van der Waals surface area contributed by atoms with Gasteiger partial charge in [0.1, 0.15) is 11.6 Å². The lowest BCUT2D eigenvalue weighted by Crippen LogP contribution is -2.15. The van der Waals surface area contributed by atoms with Gasteiger partial charge in [0, 0.05) is 0 Å². The molecule has 0 aliphatic rings. The van der Waals surface area contributed by atoms with Crippen LogP contribution in [0.1, 0.15) is 16.1 Å². The number of nitrogens with zero attached hydrogens (tertiary/aromatic N) is 3. The van der Waals surface area contributed by atoms with Crippen molar-refractivity contribution in [3.05, 3.63) is 35.5 Å². The van der Waals surface area contributed by atoms with Crippen LogP contribution in [0.15, 0.2) is 24.3 Å². The van der Waals surface area contributed by atoms with E-state index < -0.39 is 17.0 Å². The fourth-order valence-corrected chi connectivity index (χ4v) is 2.04. The SMILES string of the molecule is COc1ccc(Cn2nnc(C(=O)O)c2NCS(=O)O)cc1. The van der Waals surface area contributed by atoms with Gasteiger partial charge in [0.2, 0.25) is 5.69 Å². The van der Waals surface area contributed by atoms with E-state index in [9.17, 15) is 9.00 Å². The summed E-state index contributed by atoms with van der Waals surface area (Å²) in [5.74, 6) is -0.823. The standard InChI is InChI=1S/C12H14N4O5S/c1-21-9-4-2-8(3-5-9)6-16-11(13-7-22(19)20)10(12(17)18)14-15-16/h2-5,13H,6-7H2,1H3,(H,17,18)(H,19,20). The van der Waals surface area contributed by atoms with Crippen LogP contribution in [0.5, 0.6) is 5.75 Å². The third kappa shape index (κ3) is 3.80. The number of aromatic carboxylic acids is 1. The van der Waals surface area contributed by atoms with E-state index in [0.717, 1.165) is 5.56 Å². The average molecular weight is 326 g/mol. The van der Waals surface area contributed by atoms with Crippen LogP contribution in [0.4, 0.5) is 5.82 Å². The Kier molecular flexibility index (Phi) is 5.07. The number of methoxy groups -OCH3 is 1. The molecule has 0 saturated carbocycles. The molecule has 0 saturated heterocycles. The topological polar surface area (TPSA) is 127 Å². The highest BCUT2D eigenvalue weighted by atomic mass is 32.2. The number of carboxylic acid groups (broad SMARTS) is 1. The molecule has 2 rings (SSSR count). The van der Waals surface area contributed by atoms with Gasteiger partial charge in [0.05, 0.1) is 13.7 Å². The van der Waals surface area contributed by atoms with Crippen molar-refractivity contribution >= 4 is 22.9 Å². The van der Waals surface area contributed by atoms with Crippen molar-refractivity contribution in [3.63, 3.8) is 0 Å². The van der Waals surface area contributed by atoms with E-state index in [2.05, 4.69) is 15.6 Å². The van der Waals surface area contributed by atoms with Gasteiger partial charge >= 0.3 is 5.97 Å². The van der Waals surface area contributed by atoms with Crippen molar-refractivity contribution < 1.29 is 23.4 Å². The van der Waals surface area contributed by atoms with E-state index in [0.29, 0.717) is 5.75 Å². The van der Waals surface area contributed by atoms with Crippen molar-refractivity contribution in [3.8, 4) is 5.75 Å². The summed E-state index contributed by atoms with van der Waals surface area (Å²) in [6.07, 6.45) is 0. The first-order chi connectivity index (χ1) is 10.5. The van der Waals surface area contributed by atoms with Gasteiger partial charge in [-0.25, -0.2) is 13.7 Å². The maximum Gasteiger partial charge on any atom is 0.360 e. The summed E-state index contributed by atoms with van der Waals surface area (Å²) in [4.78, 5) is 11.1. The van der Waals surface area contributed by atoms with E-state index in [1.54, 1.807) is 31.4 Å². The highest BCUT2D eigenvalue weighted by Crippen LogP contribution is 2.17. The molecule has 10 heteroatoms. The Morgan fingerprint density at radius 2 is 2.09 bits per heavy atom. The molecule has 3 N–H and O–H groups in total. The molecule has 1 aromatic carbocycles. The average Bonchev–Trinajstić information content (AvgIpc) is 2.89. The predicted octanol–water partition coefficient (Wildman–Crippen LogP) is 0.624. The number of nitrogens with one attached hydrogen (secondary N) is 1. The smallest absolute Gasteiger partial charge is 0.360 e. The molecular weight excluding hydrogens is 312 g/mol. The van der Waals surface area contributed by atoms with Crippen LogP contribution in [-0.4, -0.2) is 47.8 Å². The Bertz CT molecular complexity index is 685. The second-order valence-electron chi connectivity index (χ2n) is 4.24. The number of anilines is 1. The van der Waals surface area contributed by atoms with E-state index in [1.165, 1.54) is 4.68 Å². The van der Waals surface area contributed by atoms with Gasteiger partial charge in [-0.3, -0.25) is 0 Å². The van der Waals surface area contributed by atoms with Crippen LogP contribution in [0.2, 0.25) is 0 Å². The van der Waals surface area contributed by atoms with Crippen LogP contribution < -0.4 is 10.1 Å². The van der Waals surface area contributed by atoms with E-state index in [4.69, 9.17) is 14.4 Å². The number of carbonyl (C=O) groups is 1. The maximum atomic E-state index is 11.1. The molecule has 2 aromatic rings. The summed E-state index contributed by atoms with van der Waals surface area (Å²) in [7, 11) is 1.56. The lowest BCUT2D eigenvalue weighted by Gasteiger charge is -2.09. The molecule has 1 atom stereocenters. The largest absolute Gasteiger partial charge is 0.497 e. The number of aromatic nitrogens is 3. The molecule has 0 bridgehead atoms. The van der Waals surface area contributed by atoms with Gasteiger partial charge in [0.15, 0.2) is 16.9 Å². The zero-order valence-electron chi connectivity index (χ0n) is 11.6.